The summed E-state index contributed by atoms with van der Waals surface area (Å²) in [5.41, 5.74) is -9.52. The zero-order valence-electron chi connectivity index (χ0n) is 9.62. The molecule has 102 valence electrons. The van der Waals surface area contributed by atoms with Gasteiger partial charge in [-0.15, -0.1) is 0 Å². The third-order valence-corrected chi connectivity index (χ3v) is 3.52. The lowest BCUT2D eigenvalue weighted by atomic mass is 9.78. The normalized spacial score (nSPS) is 17.6. The molecule has 0 spiro atoms. The van der Waals surface area contributed by atoms with Crippen LogP contribution in [0.5, 0.6) is 0 Å². The van der Waals surface area contributed by atoms with Crippen LogP contribution in [-0.2, 0) is 19.1 Å². The molecule has 0 fully saturated rings. The molecule has 0 bridgehead atoms. The fourth-order valence-corrected chi connectivity index (χ4v) is 1.60. The quantitative estimate of drug-likeness (QED) is 0.628. The lowest BCUT2D eigenvalue weighted by Gasteiger charge is -2.36. The molecule has 0 amide bonds. The van der Waals surface area contributed by atoms with E-state index >= 15 is 0 Å². The van der Waals surface area contributed by atoms with Gasteiger partial charge >= 0.3 is 21.6 Å². The molecular formula is C8H13F3O5S. The van der Waals surface area contributed by atoms with Gasteiger partial charge in [0, 0.05) is 5.41 Å². The Morgan fingerprint density at radius 1 is 1.12 bits per heavy atom. The van der Waals surface area contributed by atoms with Gasteiger partial charge in [-0.2, -0.15) is 21.6 Å². The first-order valence-electron chi connectivity index (χ1n) is 4.40. The second kappa shape index (κ2) is 4.13. The van der Waals surface area contributed by atoms with E-state index < -0.39 is 32.6 Å². The number of aliphatic carboxylic acids is 1. The van der Waals surface area contributed by atoms with Crippen molar-refractivity contribution in [3.05, 3.63) is 0 Å². The van der Waals surface area contributed by atoms with Crippen LogP contribution in [0.25, 0.3) is 0 Å². The predicted molar refractivity (Wildman–Crippen MR) is 51.6 cm³/mol. The molecule has 1 N–H and O–H groups in total. The highest BCUT2D eigenvalue weighted by molar-refractivity contribution is 7.87. The Morgan fingerprint density at radius 2 is 1.47 bits per heavy atom. The summed E-state index contributed by atoms with van der Waals surface area (Å²) < 4.78 is 61.8. The summed E-state index contributed by atoms with van der Waals surface area (Å²) in [5.74, 6) is -1.79. The van der Waals surface area contributed by atoms with Gasteiger partial charge in [0.2, 0.25) is 0 Å². The van der Waals surface area contributed by atoms with Gasteiger partial charge < -0.3 is 5.11 Å². The zero-order chi connectivity index (χ0) is 14.3. The van der Waals surface area contributed by atoms with E-state index in [9.17, 15) is 26.4 Å². The molecule has 0 saturated heterocycles. The molecule has 5 nitrogen and oxygen atoms in total. The smallest absolute Gasteiger partial charge is 0.479 e. The van der Waals surface area contributed by atoms with E-state index in [2.05, 4.69) is 4.18 Å². The van der Waals surface area contributed by atoms with Gasteiger partial charge in [-0.1, -0.05) is 20.8 Å². The van der Waals surface area contributed by atoms with Crippen LogP contribution in [0.15, 0.2) is 0 Å². The Bertz CT molecular complexity index is 406. The number of carboxylic acid groups (broad SMARTS) is 1. The number of halogens is 3. The lowest BCUT2D eigenvalue weighted by molar-refractivity contribution is -0.165. The first-order valence-corrected chi connectivity index (χ1v) is 5.81. The second-order valence-electron chi connectivity index (χ2n) is 4.57. The van der Waals surface area contributed by atoms with Crippen LogP contribution in [-0.4, -0.2) is 30.6 Å². The first-order chi connectivity index (χ1) is 7.15. The molecule has 0 aliphatic rings. The maximum atomic E-state index is 12.1. The summed E-state index contributed by atoms with van der Waals surface area (Å²) in [7, 11) is -5.96. The van der Waals surface area contributed by atoms with Gasteiger partial charge in [-0.3, -0.25) is 0 Å². The topological polar surface area (TPSA) is 80.7 Å². The largest absolute Gasteiger partial charge is 0.523 e. The average molecular weight is 278 g/mol. The van der Waals surface area contributed by atoms with Crippen LogP contribution in [0.1, 0.15) is 27.7 Å². The second-order valence-corrected chi connectivity index (χ2v) is 6.11. The minimum absolute atomic E-state index is 0.776. The summed E-state index contributed by atoms with van der Waals surface area (Å²) in [6.07, 6.45) is 0. The highest BCUT2D eigenvalue weighted by atomic mass is 32.2. The molecule has 0 heterocycles. The van der Waals surface area contributed by atoms with Gasteiger partial charge in [0.15, 0.2) is 5.60 Å². The molecule has 0 aromatic carbocycles. The Balaban J connectivity index is 5.56. The molecule has 0 unspecified atom stereocenters. The fourth-order valence-electron chi connectivity index (χ4n) is 0.748. The van der Waals surface area contributed by atoms with Gasteiger partial charge in [-0.25, -0.2) is 8.98 Å². The number of carboxylic acids is 1. The van der Waals surface area contributed by atoms with Crippen molar-refractivity contribution in [1.82, 2.24) is 0 Å². The van der Waals surface area contributed by atoms with Crippen LogP contribution in [0.2, 0.25) is 0 Å². The minimum atomic E-state index is -5.96. The summed E-state index contributed by atoms with van der Waals surface area (Å²) in [5, 5.41) is 8.84. The zero-order valence-corrected chi connectivity index (χ0v) is 10.4. The SMILES string of the molecule is CC(C)(C)[C@@](C)(OS(=O)(=O)C(F)(F)F)C(=O)O. The van der Waals surface area contributed by atoms with Crippen molar-refractivity contribution < 1.29 is 35.7 Å². The van der Waals surface area contributed by atoms with Gasteiger partial charge in [0.1, 0.15) is 0 Å². The molecule has 0 aromatic heterocycles. The molecule has 1 atom stereocenters. The van der Waals surface area contributed by atoms with E-state index in [4.69, 9.17) is 5.11 Å². The average Bonchev–Trinajstić information content (AvgIpc) is 1.98. The minimum Gasteiger partial charge on any atom is -0.479 e. The van der Waals surface area contributed by atoms with Crippen molar-refractivity contribution >= 4 is 16.1 Å². The molecule has 0 saturated carbocycles. The van der Waals surface area contributed by atoms with Crippen LogP contribution in [0.4, 0.5) is 13.2 Å². The van der Waals surface area contributed by atoms with Crippen molar-refractivity contribution in [3.8, 4) is 0 Å². The molecule has 0 radical (unpaired) electrons. The van der Waals surface area contributed by atoms with Gasteiger partial charge in [-0.05, 0) is 6.92 Å². The molecule has 9 heteroatoms. The van der Waals surface area contributed by atoms with E-state index in [1.54, 1.807) is 0 Å². The highest BCUT2D eigenvalue weighted by Crippen LogP contribution is 2.38. The van der Waals surface area contributed by atoms with Gasteiger partial charge in [0.05, 0.1) is 0 Å². The summed E-state index contributed by atoms with van der Waals surface area (Å²) in [4.78, 5) is 10.9. The monoisotopic (exact) mass is 278 g/mol. The standard InChI is InChI=1S/C8H13F3O5S/c1-6(2,3)7(4,5(12)13)16-17(14,15)8(9,10)11/h1-4H3,(H,12,13)/t7-/m0/s1. The molecule has 17 heavy (non-hydrogen) atoms. The van der Waals surface area contributed by atoms with E-state index in [0.717, 1.165) is 6.92 Å². The number of hydrogen-bond donors (Lipinski definition) is 1. The number of hydrogen-bond acceptors (Lipinski definition) is 4. The summed E-state index contributed by atoms with van der Waals surface area (Å²) in [6.45, 7) is 4.55. The molecule has 0 rings (SSSR count). The van der Waals surface area contributed by atoms with Crippen molar-refractivity contribution in [3.63, 3.8) is 0 Å². The fraction of sp³-hybridized carbons (Fsp3) is 0.875. The Labute approximate surface area is 96.7 Å². The Morgan fingerprint density at radius 3 is 1.65 bits per heavy atom. The Hall–Kier alpha value is -0.830. The molecule has 0 aromatic rings. The predicted octanol–water partition coefficient (Wildman–Crippen LogP) is 1.74. The van der Waals surface area contributed by atoms with Gasteiger partial charge in [0.25, 0.3) is 0 Å². The van der Waals surface area contributed by atoms with E-state index in [-0.39, 0.29) is 0 Å². The summed E-state index contributed by atoms with van der Waals surface area (Å²) >= 11 is 0. The molecule has 0 aliphatic heterocycles. The van der Waals surface area contributed by atoms with E-state index in [1.165, 1.54) is 20.8 Å². The number of carbonyl (C=O) groups is 1. The first kappa shape index (κ1) is 16.2. The maximum Gasteiger partial charge on any atom is 0.523 e. The highest BCUT2D eigenvalue weighted by Gasteiger charge is 2.57. The lowest BCUT2D eigenvalue weighted by Crippen LogP contribution is -2.52. The van der Waals surface area contributed by atoms with Crippen LogP contribution in [0, 0.1) is 5.41 Å². The third kappa shape index (κ3) is 3.09. The van der Waals surface area contributed by atoms with Crippen LogP contribution >= 0.6 is 0 Å². The number of alkyl halides is 3. The van der Waals surface area contributed by atoms with Crippen molar-refractivity contribution in [2.75, 3.05) is 0 Å². The summed E-state index contributed by atoms with van der Waals surface area (Å²) in [6, 6.07) is 0. The third-order valence-electron chi connectivity index (χ3n) is 2.40. The molecule has 0 aliphatic carbocycles. The van der Waals surface area contributed by atoms with Crippen molar-refractivity contribution in [2.45, 2.75) is 38.8 Å². The van der Waals surface area contributed by atoms with E-state index in [1.807, 2.05) is 0 Å². The van der Waals surface area contributed by atoms with Crippen molar-refractivity contribution in [2.24, 2.45) is 5.41 Å². The number of rotatable bonds is 3. The molecular weight excluding hydrogens is 265 g/mol. The van der Waals surface area contributed by atoms with Crippen molar-refractivity contribution in [1.29, 1.82) is 0 Å². The van der Waals surface area contributed by atoms with Crippen LogP contribution < -0.4 is 0 Å². The maximum absolute atomic E-state index is 12.1. The van der Waals surface area contributed by atoms with Crippen LogP contribution in [0.3, 0.4) is 0 Å². The van der Waals surface area contributed by atoms with E-state index in [0.29, 0.717) is 0 Å². The Kier molecular flexibility index (Phi) is 3.92.